The molecule has 2 rings (SSSR count). The minimum Gasteiger partial charge on any atom is -0.338 e. The second-order valence-corrected chi connectivity index (χ2v) is 3.53. The molecule has 0 aliphatic rings. The van der Waals surface area contributed by atoms with Crippen LogP contribution in [-0.4, -0.2) is 10.1 Å². The van der Waals surface area contributed by atoms with Gasteiger partial charge < -0.3 is 10.3 Å². The van der Waals surface area contributed by atoms with Gasteiger partial charge in [0.15, 0.2) is 0 Å². The van der Waals surface area contributed by atoms with Crippen LogP contribution in [0.2, 0.25) is 5.02 Å². The van der Waals surface area contributed by atoms with Crippen molar-refractivity contribution in [2.24, 2.45) is 5.73 Å². The summed E-state index contributed by atoms with van der Waals surface area (Å²) in [5, 5.41) is 4.45. The fourth-order valence-corrected chi connectivity index (χ4v) is 1.48. The summed E-state index contributed by atoms with van der Waals surface area (Å²) in [6.07, 6.45) is 0. The normalized spacial score (nSPS) is 10.6. The van der Waals surface area contributed by atoms with Gasteiger partial charge in [-0.1, -0.05) is 28.9 Å². The summed E-state index contributed by atoms with van der Waals surface area (Å²) in [4.78, 5) is 4.11. The van der Waals surface area contributed by atoms with E-state index < -0.39 is 0 Å². The first-order chi connectivity index (χ1) is 7.22. The van der Waals surface area contributed by atoms with Gasteiger partial charge in [-0.15, -0.1) is 0 Å². The number of hydrogen-bond donors (Lipinski definition) is 1. The molecule has 4 nitrogen and oxygen atoms in total. The third-order valence-electron chi connectivity index (χ3n) is 2.08. The van der Waals surface area contributed by atoms with Crippen molar-refractivity contribution in [2.75, 3.05) is 0 Å². The van der Waals surface area contributed by atoms with Crippen LogP contribution in [-0.2, 0) is 6.54 Å². The highest BCUT2D eigenvalue weighted by atomic mass is 35.5. The fourth-order valence-electron chi connectivity index (χ4n) is 1.27. The molecule has 0 unspecified atom stereocenters. The lowest BCUT2D eigenvalue weighted by Gasteiger charge is -2.01. The summed E-state index contributed by atoms with van der Waals surface area (Å²) in [7, 11) is 0. The molecule has 0 saturated carbocycles. The highest BCUT2D eigenvalue weighted by Crippen LogP contribution is 2.28. The number of hydrogen-bond acceptors (Lipinski definition) is 4. The maximum atomic E-state index is 6.13. The van der Waals surface area contributed by atoms with Crippen molar-refractivity contribution in [2.45, 2.75) is 13.5 Å². The van der Waals surface area contributed by atoms with Gasteiger partial charge in [-0.05, 0) is 18.6 Å². The van der Waals surface area contributed by atoms with Crippen molar-refractivity contribution in [3.8, 4) is 11.4 Å². The smallest absolute Gasteiger partial charge is 0.240 e. The Morgan fingerprint density at radius 3 is 2.93 bits per heavy atom. The van der Waals surface area contributed by atoms with Crippen LogP contribution in [0.1, 0.15) is 11.5 Å². The quantitative estimate of drug-likeness (QED) is 0.847. The summed E-state index contributed by atoms with van der Waals surface area (Å²) >= 11 is 6.13. The van der Waals surface area contributed by atoms with E-state index in [0.717, 1.165) is 11.1 Å². The Kier molecular flexibility index (Phi) is 2.70. The van der Waals surface area contributed by atoms with E-state index >= 15 is 0 Å². The summed E-state index contributed by atoms with van der Waals surface area (Å²) in [6.45, 7) is 2.16. The average Bonchev–Trinajstić information content (AvgIpc) is 2.70. The van der Waals surface area contributed by atoms with E-state index in [0.29, 0.717) is 16.7 Å². The molecule has 0 aliphatic carbocycles. The van der Waals surface area contributed by atoms with E-state index in [9.17, 15) is 0 Å². The largest absolute Gasteiger partial charge is 0.338 e. The van der Waals surface area contributed by atoms with Crippen LogP contribution in [0.3, 0.4) is 0 Å². The predicted octanol–water partition coefficient (Wildman–Crippen LogP) is 2.16. The lowest BCUT2D eigenvalue weighted by atomic mass is 10.1. The highest BCUT2D eigenvalue weighted by molar-refractivity contribution is 6.33. The van der Waals surface area contributed by atoms with Crippen LogP contribution in [0.4, 0.5) is 0 Å². The van der Waals surface area contributed by atoms with Crippen LogP contribution >= 0.6 is 11.6 Å². The summed E-state index contributed by atoms with van der Waals surface area (Å²) < 4.78 is 4.92. The monoisotopic (exact) mass is 223 g/mol. The Balaban J connectivity index is 2.49. The molecule has 0 fully saturated rings. The number of rotatable bonds is 2. The zero-order chi connectivity index (χ0) is 10.8. The van der Waals surface area contributed by atoms with Gasteiger partial charge in [0.1, 0.15) is 0 Å². The van der Waals surface area contributed by atoms with Crippen molar-refractivity contribution in [3.63, 3.8) is 0 Å². The molecular weight excluding hydrogens is 214 g/mol. The first-order valence-corrected chi connectivity index (χ1v) is 4.88. The number of aryl methyl sites for hydroxylation is 1. The first kappa shape index (κ1) is 10.1. The van der Waals surface area contributed by atoms with Crippen LogP contribution in [0.5, 0.6) is 0 Å². The Hall–Kier alpha value is -1.39. The van der Waals surface area contributed by atoms with E-state index in [2.05, 4.69) is 10.1 Å². The average molecular weight is 224 g/mol. The number of nitrogens with two attached hydrogens (primary N) is 1. The van der Waals surface area contributed by atoms with Crippen molar-refractivity contribution in [3.05, 3.63) is 34.7 Å². The van der Waals surface area contributed by atoms with Gasteiger partial charge in [-0.3, -0.25) is 0 Å². The van der Waals surface area contributed by atoms with Crippen LogP contribution in [0, 0.1) is 6.92 Å². The van der Waals surface area contributed by atoms with Gasteiger partial charge in [0, 0.05) is 5.56 Å². The third kappa shape index (κ3) is 1.86. The minimum atomic E-state index is 0.233. The maximum Gasteiger partial charge on any atom is 0.240 e. The van der Waals surface area contributed by atoms with E-state index in [4.69, 9.17) is 21.9 Å². The maximum absolute atomic E-state index is 6.13. The standard InChI is InChI=1S/C10H10ClN3O/c1-6-3-2-4-7(9(6)11)10-13-8(5-12)15-14-10/h2-4H,5,12H2,1H3. The molecule has 1 aromatic heterocycles. The highest BCUT2D eigenvalue weighted by Gasteiger charge is 2.11. The second kappa shape index (κ2) is 4.00. The Morgan fingerprint density at radius 1 is 1.47 bits per heavy atom. The molecule has 0 aliphatic heterocycles. The third-order valence-corrected chi connectivity index (χ3v) is 2.58. The Labute approximate surface area is 92.0 Å². The van der Waals surface area contributed by atoms with Crippen LogP contribution in [0.25, 0.3) is 11.4 Å². The molecule has 1 heterocycles. The van der Waals surface area contributed by atoms with Crippen LogP contribution in [0.15, 0.2) is 22.7 Å². The molecule has 2 aromatic rings. The topological polar surface area (TPSA) is 64.9 Å². The molecule has 78 valence electrons. The van der Waals surface area contributed by atoms with E-state index in [-0.39, 0.29) is 6.54 Å². The molecule has 5 heteroatoms. The van der Waals surface area contributed by atoms with Crippen molar-refractivity contribution in [1.82, 2.24) is 10.1 Å². The van der Waals surface area contributed by atoms with Crippen molar-refractivity contribution >= 4 is 11.6 Å². The van der Waals surface area contributed by atoms with Gasteiger partial charge in [0.25, 0.3) is 0 Å². The molecule has 0 atom stereocenters. The lowest BCUT2D eigenvalue weighted by molar-refractivity contribution is 0.380. The Bertz CT molecular complexity index is 481. The van der Waals surface area contributed by atoms with Gasteiger partial charge >= 0.3 is 0 Å². The zero-order valence-electron chi connectivity index (χ0n) is 8.20. The molecule has 0 saturated heterocycles. The minimum absolute atomic E-state index is 0.233. The molecular formula is C10H10ClN3O. The second-order valence-electron chi connectivity index (χ2n) is 3.15. The molecule has 0 bridgehead atoms. The molecule has 0 amide bonds. The van der Waals surface area contributed by atoms with Gasteiger partial charge in [0.05, 0.1) is 11.6 Å². The SMILES string of the molecule is Cc1cccc(-c2noc(CN)n2)c1Cl. The lowest BCUT2D eigenvalue weighted by Crippen LogP contribution is -1.95. The van der Waals surface area contributed by atoms with Gasteiger partial charge in [0.2, 0.25) is 11.7 Å². The molecule has 2 N–H and O–H groups in total. The summed E-state index contributed by atoms with van der Waals surface area (Å²) in [6, 6.07) is 5.67. The molecule has 0 radical (unpaired) electrons. The summed E-state index contributed by atoms with van der Waals surface area (Å²) in [5.74, 6) is 0.881. The number of halogens is 1. The molecule has 15 heavy (non-hydrogen) atoms. The zero-order valence-corrected chi connectivity index (χ0v) is 8.95. The number of nitrogens with zero attached hydrogens (tertiary/aromatic N) is 2. The fraction of sp³-hybridized carbons (Fsp3) is 0.200. The molecule has 1 aromatic carbocycles. The molecule has 0 spiro atoms. The van der Waals surface area contributed by atoms with E-state index in [1.807, 2.05) is 25.1 Å². The van der Waals surface area contributed by atoms with Gasteiger partial charge in [-0.25, -0.2) is 0 Å². The predicted molar refractivity (Wildman–Crippen MR) is 57.4 cm³/mol. The summed E-state index contributed by atoms with van der Waals surface area (Å²) in [5.41, 5.74) is 7.12. The number of aromatic nitrogens is 2. The van der Waals surface area contributed by atoms with Crippen molar-refractivity contribution in [1.29, 1.82) is 0 Å². The first-order valence-electron chi connectivity index (χ1n) is 4.50. The van der Waals surface area contributed by atoms with Crippen molar-refractivity contribution < 1.29 is 4.52 Å². The number of benzene rings is 1. The Morgan fingerprint density at radius 2 is 2.27 bits per heavy atom. The van der Waals surface area contributed by atoms with Crippen LogP contribution < -0.4 is 5.73 Å². The van der Waals surface area contributed by atoms with E-state index in [1.54, 1.807) is 0 Å². The van der Waals surface area contributed by atoms with Gasteiger partial charge in [-0.2, -0.15) is 4.98 Å². The van der Waals surface area contributed by atoms with E-state index in [1.165, 1.54) is 0 Å².